The molecule has 0 radical (unpaired) electrons. The summed E-state index contributed by atoms with van der Waals surface area (Å²) in [4.78, 5) is 46.7. The van der Waals surface area contributed by atoms with Crippen LogP contribution in [0.5, 0.6) is 0 Å². The van der Waals surface area contributed by atoms with Crippen LogP contribution in [0.4, 0.5) is 0 Å². The molecule has 4 aliphatic rings. The predicted octanol–water partition coefficient (Wildman–Crippen LogP) is 4.27. The van der Waals surface area contributed by atoms with E-state index in [1.807, 2.05) is 0 Å². The highest BCUT2D eigenvalue weighted by molar-refractivity contribution is 6.02. The smallest absolute Gasteiger partial charge is 0.336 e. The van der Waals surface area contributed by atoms with Gasteiger partial charge in [-0.3, -0.25) is 0 Å². The minimum atomic E-state index is -1.29. The fourth-order valence-electron chi connectivity index (χ4n) is 7.41. The lowest BCUT2D eigenvalue weighted by atomic mass is 9.41. The summed E-state index contributed by atoms with van der Waals surface area (Å²) in [5.74, 6) is -4.39. The fraction of sp³-hybridized carbons (Fsp3) is 0.385. The molecule has 34 heavy (non-hydrogen) atoms. The van der Waals surface area contributed by atoms with Crippen LogP contribution in [0.1, 0.15) is 91.1 Å². The van der Waals surface area contributed by atoms with Crippen molar-refractivity contribution in [2.24, 2.45) is 11.8 Å². The van der Waals surface area contributed by atoms with E-state index in [0.29, 0.717) is 18.3 Å². The van der Waals surface area contributed by atoms with E-state index in [1.54, 1.807) is 12.1 Å². The monoisotopic (exact) mass is 464 g/mol. The summed E-state index contributed by atoms with van der Waals surface area (Å²) < 4.78 is 0. The summed E-state index contributed by atoms with van der Waals surface area (Å²) in [6, 6.07) is 9.21. The first-order valence-corrected chi connectivity index (χ1v) is 11.3. The third kappa shape index (κ3) is 3.28. The molecule has 176 valence electrons. The normalized spacial score (nSPS) is 29.1. The van der Waals surface area contributed by atoms with Crippen LogP contribution in [0.2, 0.25) is 0 Å². The van der Waals surface area contributed by atoms with Gasteiger partial charge in [-0.05, 0) is 96.6 Å². The molecule has 0 saturated heterocycles. The van der Waals surface area contributed by atoms with Crippen molar-refractivity contribution >= 4 is 23.9 Å². The van der Waals surface area contributed by atoms with Crippen molar-refractivity contribution in [3.05, 3.63) is 69.8 Å². The molecule has 2 aromatic rings. The summed E-state index contributed by atoms with van der Waals surface area (Å²) in [7, 11) is 0. The molecule has 8 heteroatoms. The third-order valence-electron chi connectivity index (χ3n) is 8.25. The van der Waals surface area contributed by atoms with Crippen LogP contribution < -0.4 is 0 Å². The molecule has 0 spiro atoms. The van der Waals surface area contributed by atoms with Gasteiger partial charge in [0.1, 0.15) is 0 Å². The predicted molar refractivity (Wildman–Crippen MR) is 119 cm³/mol. The number of aromatic carboxylic acids is 4. The van der Waals surface area contributed by atoms with Crippen molar-refractivity contribution in [1.82, 2.24) is 0 Å². The zero-order chi connectivity index (χ0) is 24.4. The van der Waals surface area contributed by atoms with E-state index < -0.39 is 23.9 Å². The van der Waals surface area contributed by atoms with Gasteiger partial charge in [-0.2, -0.15) is 0 Å². The van der Waals surface area contributed by atoms with Crippen LogP contribution in [0.25, 0.3) is 0 Å². The van der Waals surface area contributed by atoms with Gasteiger partial charge in [0.05, 0.1) is 22.3 Å². The van der Waals surface area contributed by atoms with Crippen molar-refractivity contribution in [2.45, 2.75) is 49.4 Å². The number of carbonyl (C=O) groups is 4. The van der Waals surface area contributed by atoms with E-state index in [1.165, 1.54) is 24.3 Å². The first-order chi connectivity index (χ1) is 16.0. The van der Waals surface area contributed by atoms with E-state index in [-0.39, 0.29) is 33.1 Å². The van der Waals surface area contributed by atoms with Crippen LogP contribution in [0.15, 0.2) is 36.4 Å². The summed E-state index contributed by atoms with van der Waals surface area (Å²) in [5.41, 5.74) is 0.0167. The minimum absolute atomic E-state index is 0.228. The van der Waals surface area contributed by atoms with Gasteiger partial charge >= 0.3 is 23.9 Å². The molecule has 0 aliphatic heterocycles. The van der Waals surface area contributed by atoms with E-state index in [2.05, 4.69) is 0 Å². The van der Waals surface area contributed by atoms with Gasteiger partial charge in [0.15, 0.2) is 0 Å². The maximum Gasteiger partial charge on any atom is 0.336 e. The number of benzene rings is 2. The average Bonchev–Trinajstić information content (AvgIpc) is 2.77. The number of carboxylic acids is 4. The van der Waals surface area contributed by atoms with Crippen LogP contribution in [-0.2, 0) is 10.8 Å². The molecule has 4 bridgehead atoms. The summed E-state index contributed by atoms with van der Waals surface area (Å²) in [6.07, 6.45) is 5.22. The third-order valence-corrected chi connectivity index (χ3v) is 8.25. The fourth-order valence-corrected chi connectivity index (χ4v) is 7.41. The SMILES string of the molecule is O=C(O)c1ccc(C23CC4CC(C2)CC(c2ccc(C(=O)O)c(C(=O)O)c2)(C4)C3)cc1C(=O)O. The Labute approximate surface area is 194 Å². The molecule has 0 atom stereocenters. The van der Waals surface area contributed by atoms with Gasteiger partial charge in [0.25, 0.3) is 0 Å². The lowest BCUT2D eigenvalue weighted by Crippen LogP contribution is -2.56. The maximum absolute atomic E-state index is 11.8. The second-order valence-corrected chi connectivity index (χ2v) is 10.3. The van der Waals surface area contributed by atoms with Crippen LogP contribution in [-0.4, -0.2) is 44.3 Å². The first kappa shape index (κ1) is 22.1. The molecule has 0 heterocycles. The van der Waals surface area contributed by atoms with E-state index >= 15 is 0 Å². The molecule has 0 amide bonds. The molecule has 0 unspecified atom stereocenters. The van der Waals surface area contributed by atoms with Gasteiger partial charge in [0.2, 0.25) is 0 Å². The van der Waals surface area contributed by atoms with Gasteiger partial charge in [0, 0.05) is 0 Å². The second kappa shape index (κ2) is 7.41. The Hall–Kier alpha value is -3.68. The molecule has 8 nitrogen and oxygen atoms in total. The molecule has 2 aromatic carbocycles. The zero-order valence-electron chi connectivity index (χ0n) is 18.3. The number of rotatable bonds is 6. The quantitative estimate of drug-likeness (QED) is 0.495. The Bertz CT molecular complexity index is 1150. The summed E-state index contributed by atoms with van der Waals surface area (Å²) in [6.45, 7) is 0. The Kier molecular flexibility index (Phi) is 4.83. The Morgan fingerprint density at radius 3 is 1.26 bits per heavy atom. The molecule has 4 fully saturated rings. The van der Waals surface area contributed by atoms with E-state index in [4.69, 9.17) is 0 Å². The molecule has 0 aromatic heterocycles. The van der Waals surface area contributed by atoms with E-state index in [0.717, 1.165) is 43.2 Å². The zero-order valence-corrected chi connectivity index (χ0v) is 18.3. The lowest BCUT2D eigenvalue weighted by Gasteiger charge is -2.63. The first-order valence-electron chi connectivity index (χ1n) is 11.3. The highest BCUT2D eigenvalue weighted by Crippen LogP contribution is 2.66. The van der Waals surface area contributed by atoms with Gasteiger partial charge in [-0.25, -0.2) is 19.2 Å². The molecule has 4 aliphatic carbocycles. The molecular weight excluding hydrogens is 440 g/mol. The Balaban J connectivity index is 1.62. The minimum Gasteiger partial charge on any atom is -0.478 e. The summed E-state index contributed by atoms with van der Waals surface area (Å²) in [5, 5.41) is 38.1. The lowest BCUT2D eigenvalue weighted by molar-refractivity contribution is -0.0282. The largest absolute Gasteiger partial charge is 0.478 e. The molecule has 6 rings (SSSR count). The number of hydrogen-bond donors (Lipinski definition) is 4. The maximum atomic E-state index is 11.8. The van der Waals surface area contributed by atoms with Crippen LogP contribution in [0, 0.1) is 11.8 Å². The highest BCUT2D eigenvalue weighted by atomic mass is 16.4. The average molecular weight is 464 g/mol. The van der Waals surface area contributed by atoms with Crippen molar-refractivity contribution in [1.29, 1.82) is 0 Å². The van der Waals surface area contributed by atoms with Crippen LogP contribution in [0.3, 0.4) is 0 Å². The number of carboxylic acid groups (broad SMARTS) is 4. The molecule has 4 N–H and O–H groups in total. The molecular formula is C26H24O8. The van der Waals surface area contributed by atoms with Crippen molar-refractivity contribution in [3.8, 4) is 0 Å². The van der Waals surface area contributed by atoms with Crippen molar-refractivity contribution in [3.63, 3.8) is 0 Å². The van der Waals surface area contributed by atoms with Crippen molar-refractivity contribution in [2.75, 3.05) is 0 Å². The summed E-state index contributed by atoms with van der Waals surface area (Å²) >= 11 is 0. The van der Waals surface area contributed by atoms with Gasteiger partial charge in [-0.15, -0.1) is 0 Å². The number of hydrogen-bond acceptors (Lipinski definition) is 4. The topological polar surface area (TPSA) is 149 Å². The Morgan fingerprint density at radius 2 is 0.941 bits per heavy atom. The molecule has 4 saturated carbocycles. The van der Waals surface area contributed by atoms with E-state index in [9.17, 15) is 39.6 Å². The standard InChI is InChI=1S/C26H24O8/c27-21(28)17-3-1-15(6-19(17)23(31)32)25-8-13-5-14(9-25)11-26(10-13,12-25)16-2-4-18(22(29)30)20(7-16)24(33)34/h1-4,6-7,13-14H,5,8-12H2,(H,27,28)(H,29,30)(H,31,32)(H,33,34). The van der Waals surface area contributed by atoms with Crippen molar-refractivity contribution < 1.29 is 39.6 Å². The van der Waals surface area contributed by atoms with Gasteiger partial charge < -0.3 is 20.4 Å². The highest BCUT2D eigenvalue weighted by Gasteiger charge is 2.58. The second-order valence-electron chi connectivity index (χ2n) is 10.3. The van der Waals surface area contributed by atoms with Crippen LogP contribution >= 0.6 is 0 Å². The van der Waals surface area contributed by atoms with Gasteiger partial charge in [-0.1, -0.05) is 12.1 Å². The Morgan fingerprint density at radius 1 is 0.588 bits per heavy atom.